The maximum atomic E-state index is 12.8. The Morgan fingerprint density at radius 3 is 2.50 bits per heavy atom. The van der Waals surface area contributed by atoms with Gasteiger partial charge < -0.3 is 5.11 Å². The zero-order chi connectivity index (χ0) is 14.9. The zero-order valence-corrected chi connectivity index (χ0v) is 13.1. The molecule has 1 heterocycles. The standard InChI is InChI=1S/C13H9BrClF3OS/c14-10-3-1-7(5-9(10)13(16,17)18)11(19)6-8-2-4-12(15)20-8/h1-5,11,19H,6H2. The van der Waals surface area contributed by atoms with E-state index in [2.05, 4.69) is 15.9 Å². The maximum absolute atomic E-state index is 12.8. The molecule has 7 heteroatoms. The molecule has 0 radical (unpaired) electrons. The van der Waals surface area contributed by atoms with E-state index < -0.39 is 17.8 Å². The first-order valence-corrected chi connectivity index (χ1v) is 7.55. The second kappa shape index (κ2) is 6.05. The molecular weight excluding hydrogens is 377 g/mol. The van der Waals surface area contributed by atoms with Crippen molar-refractivity contribution >= 4 is 38.9 Å². The van der Waals surface area contributed by atoms with E-state index in [4.69, 9.17) is 11.6 Å². The summed E-state index contributed by atoms with van der Waals surface area (Å²) in [5, 5.41) is 10.0. The molecule has 1 aromatic carbocycles. The van der Waals surface area contributed by atoms with Crippen LogP contribution in [0.25, 0.3) is 0 Å². The number of aliphatic hydroxyl groups excluding tert-OH is 1. The quantitative estimate of drug-likeness (QED) is 0.744. The van der Waals surface area contributed by atoms with Gasteiger partial charge in [-0.1, -0.05) is 33.6 Å². The third-order valence-corrected chi connectivity index (χ3v) is 4.65. The van der Waals surface area contributed by atoms with Crippen LogP contribution in [0.4, 0.5) is 13.2 Å². The van der Waals surface area contributed by atoms with Crippen LogP contribution in [-0.2, 0) is 12.6 Å². The molecular formula is C13H9BrClF3OS. The van der Waals surface area contributed by atoms with Crippen LogP contribution in [0.5, 0.6) is 0 Å². The van der Waals surface area contributed by atoms with Gasteiger partial charge in [0.15, 0.2) is 0 Å². The van der Waals surface area contributed by atoms with Gasteiger partial charge in [0.2, 0.25) is 0 Å². The monoisotopic (exact) mass is 384 g/mol. The van der Waals surface area contributed by atoms with E-state index >= 15 is 0 Å². The minimum absolute atomic E-state index is 0.0416. The largest absolute Gasteiger partial charge is 0.417 e. The molecule has 1 atom stereocenters. The second-order valence-corrected chi connectivity index (χ2v) is 6.82. The summed E-state index contributed by atoms with van der Waals surface area (Å²) < 4.78 is 38.9. The van der Waals surface area contributed by atoms with E-state index in [0.29, 0.717) is 4.34 Å². The Bertz CT molecular complexity index is 612. The number of alkyl halides is 3. The van der Waals surface area contributed by atoms with Crippen molar-refractivity contribution in [3.8, 4) is 0 Å². The molecule has 0 aliphatic rings. The number of rotatable bonds is 3. The predicted octanol–water partition coefficient (Wildman–Crippen LogP) is 5.46. The van der Waals surface area contributed by atoms with Crippen LogP contribution < -0.4 is 0 Å². The molecule has 0 spiro atoms. The normalized spacial score (nSPS) is 13.5. The highest BCUT2D eigenvalue weighted by molar-refractivity contribution is 9.10. The highest BCUT2D eigenvalue weighted by Crippen LogP contribution is 2.37. The number of thiophene rings is 1. The van der Waals surface area contributed by atoms with Gasteiger partial charge in [-0.3, -0.25) is 0 Å². The molecule has 0 bridgehead atoms. The molecule has 0 saturated carbocycles. The lowest BCUT2D eigenvalue weighted by molar-refractivity contribution is -0.138. The predicted molar refractivity (Wildman–Crippen MR) is 77.1 cm³/mol. The topological polar surface area (TPSA) is 20.2 Å². The van der Waals surface area contributed by atoms with Crippen molar-refractivity contribution in [3.05, 3.63) is 55.1 Å². The number of halogens is 5. The molecule has 20 heavy (non-hydrogen) atoms. The molecule has 1 nitrogen and oxygen atoms in total. The van der Waals surface area contributed by atoms with Crippen LogP contribution in [0.2, 0.25) is 4.34 Å². The Morgan fingerprint density at radius 1 is 1.25 bits per heavy atom. The van der Waals surface area contributed by atoms with Gasteiger partial charge in [-0.15, -0.1) is 11.3 Å². The van der Waals surface area contributed by atoms with Crippen LogP contribution in [0.1, 0.15) is 22.1 Å². The SMILES string of the molecule is OC(Cc1ccc(Cl)s1)c1ccc(Br)c(C(F)(F)F)c1. The Morgan fingerprint density at radius 2 is 1.95 bits per heavy atom. The lowest BCUT2D eigenvalue weighted by Gasteiger charge is -2.14. The van der Waals surface area contributed by atoms with Gasteiger partial charge in [0, 0.05) is 15.8 Å². The van der Waals surface area contributed by atoms with Crippen molar-refractivity contribution < 1.29 is 18.3 Å². The van der Waals surface area contributed by atoms with Gasteiger partial charge in [-0.05, 0) is 29.8 Å². The average molecular weight is 386 g/mol. The molecule has 1 aromatic heterocycles. The smallest absolute Gasteiger partial charge is 0.388 e. The summed E-state index contributed by atoms with van der Waals surface area (Å²) in [4.78, 5) is 0.818. The van der Waals surface area contributed by atoms with Crippen molar-refractivity contribution in [1.82, 2.24) is 0 Å². The molecule has 0 aliphatic carbocycles. The van der Waals surface area contributed by atoms with Crippen molar-refractivity contribution in [2.24, 2.45) is 0 Å². The van der Waals surface area contributed by atoms with Crippen LogP contribution >= 0.6 is 38.9 Å². The van der Waals surface area contributed by atoms with Crippen LogP contribution in [0, 0.1) is 0 Å². The molecule has 0 aliphatic heterocycles. The lowest BCUT2D eigenvalue weighted by atomic mass is 10.0. The first-order chi connectivity index (χ1) is 9.27. The van der Waals surface area contributed by atoms with Crippen LogP contribution in [0.15, 0.2) is 34.8 Å². The van der Waals surface area contributed by atoms with E-state index in [0.717, 1.165) is 10.9 Å². The second-order valence-electron chi connectivity index (χ2n) is 4.16. The summed E-state index contributed by atoms with van der Waals surface area (Å²) in [7, 11) is 0. The van der Waals surface area contributed by atoms with Gasteiger partial charge in [0.25, 0.3) is 0 Å². The van der Waals surface area contributed by atoms with E-state index in [1.54, 1.807) is 12.1 Å². The highest BCUT2D eigenvalue weighted by atomic mass is 79.9. The maximum Gasteiger partial charge on any atom is 0.417 e. The van der Waals surface area contributed by atoms with Crippen LogP contribution in [0.3, 0.4) is 0 Å². The molecule has 108 valence electrons. The third-order valence-electron chi connectivity index (χ3n) is 2.70. The van der Waals surface area contributed by atoms with Gasteiger partial charge in [-0.2, -0.15) is 13.2 Å². The summed E-state index contributed by atoms with van der Waals surface area (Å²) in [6.45, 7) is 0. The third kappa shape index (κ3) is 3.75. The molecule has 0 saturated heterocycles. The molecule has 2 rings (SSSR count). The van der Waals surface area contributed by atoms with Crippen molar-refractivity contribution in [2.75, 3.05) is 0 Å². The summed E-state index contributed by atoms with van der Waals surface area (Å²) in [6.07, 6.45) is -5.23. The minimum atomic E-state index is -4.46. The first-order valence-electron chi connectivity index (χ1n) is 5.56. The lowest BCUT2D eigenvalue weighted by Crippen LogP contribution is -2.09. The summed E-state index contributed by atoms with van der Waals surface area (Å²) in [5.74, 6) is 0. The van der Waals surface area contributed by atoms with Gasteiger partial charge in [0.05, 0.1) is 16.0 Å². The van der Waals surface area contributed by atoms with Crippen molar-refractivity contribution in [1.29, 1.82) is 0 Å². The molecule has 2 aromatic rings. The number of hydrogen-bond donors (Lipinski definition) is 1. The Kier molecular flexibility index (Phi) is 4.79. The van der Waals surface area contributed by atoms with E-state index in [9.17, 15) is 18.3 Å². The molecule has 0 amide bonds. The van der Waals surface area contributed by atoms with E-state index in [1.165, 1.54) is 23.5 Å². The number of aliphatic hydroxyl groups is 1. The van der Waals surface area contributed by atoms with E-state index in [1.807, 2.05) is 0 Å². The number of hydrogen-bond acceptors (Lipinski definition) is 2. The molecule has 1 N–H and O–H groups in total. The molecule has 1 unspecified atom stereocenters. The summed E-state index contributed by atoms with van der Waals surface area (Å²) in [6, 6.07) is 7.17. The fraction of sp³-hybridized carbons (Fsp3) is 0.231. The van der Waals surface area contributed by atoms with Crippen molar-refractivity contribution in [2.45, 2.75) is 18.7 Å². The molecule has 0 fully saturated rings. The first kappa shape index (κ1) is 15.8. The van der Waals surface area contributed by atoms with Crippen LogP contribution in [-0.4, -0.2) is 5.11 Å². The van der Waals surface area contributed by atoms with Gasteiger partial charge in [-0.25, -0.2) is 0 Å². The Labute approximate surface area is 131 Å². The van der Waals surface area contributed by atoms with E-state index in [-0.39, 0.29) is 16.5 Å². The van der Waals surface area contributed by atoms with Crippen molar-refractivity contribution in [3.63, 3.8) is 0 Å². The fourth-order valence-corrected chi connectivity index (χ4v) is 3.33. The summed E-state index contributed by atoms with van der Waals surface area (Å²) in [5.41, 5.74) is -0.566. The summed E-state index contributed by atoms with van der Waals surface area (Å²) >= 11 is 9.94. The Hall–Kier alpha value is -0.560. The average Bonchev–Trinajstić information content (AvgIpc) is 2.73. The Balaban J connectivity index is 2.24. The minimum Gasteiger partial charge on any atom is -0.388 e. The number of benzene rings is 1. The van der Waals surface area contributed by atoms with Gasteiger partial charge >= 0.3 is 6.18 Å². The zero-order valence-electron chi connectivity index (χ0n) is 9.92. The van der Waals surface area contributed by atoms with Gasteiger partial charge in [0.1, 0.15) is 0 Å². The fourth-order valence-electron chi connectivity index (χ4n) is 1.74. The highest BCUT2D eigenvalue weighted by Gasteiger charge is 2.33.